The largest absolute Gasteiger partial charge is 0.481 e. The Hall–Kier alpha value is -1.88. The quantitative estimate of drug-likeness (QED) is 0.794. The van der Waals surface area contributed by atoms with Crippen LogP contribution in [0.25, 0.3) is 0 Å². The van der Waals surface area contributed by atoms with E-state index in [1.54, 1.807) is 0 Å². The van der Waals surface area contributed by atoms with Crippen LogP contribution >= 0.6 is 0 Å². The second-order valence-electron chi connectivity index (χ2n) is 5.39. The lowest BCUT2D eigenvalue weighted by Crippen LogP contribution is -2.35. The molecule has 2 rings (SSSR count). The van der Waals surface area contributed by atoms with Crippen LogP contribution in [0.2, 0.25) is 0 Å². The van der Waals surface area contributed by atoms with Crippen molar-refractivity contribution < 1.29 is 19.4 Å². The molecular formula is C16H21NO4. The SMILES string of the molecule is COC(CNC(=O)Cc1ccc2c(c1)CCC2)CC(=O)O. The Bertz CT molecular complexity index is 527. The van der Waals surface area contributed by atoms with Gasteiger partial charge in [0.05, 0.1) is 18.9 Å². The predicted octanol–water partition coefficient (Wildman–Crippen LogP) is 1.32. The minimum Gasteiger partial charge on any atom is -0.481 e. The lowest BCUT2D eigenvalue weighted by atomic mass is 10.0. The molecule has 0 bridgehead atoms. The van der Waals surface area contributed by atoms with E-state index in [2.05, 4.69) is 17.4 Å². The lowest BCUT2D eigenvalue weighted by molar-refractivity contribution is -0.140. The minimum absolute atomic E-state index is 0.111. The molecule has 1 aliphatic carbocycles. The van der Waals surface area contributed by atoms with Crippen molar-refractivity contribution >= 4 is 11.9 Å². The molecule has 0 saturated carbocycles. The lowest BCUT2D eigenvalue weighted by Gasteiger charge is -2.14. The van der Waals surface area contributed by atoms with E-state index in [-0.39, 0.29) is 18.9 Å². The Morgan fingerprint density at radius 3 is 2.81 bits per heavy atom. The number of amides is 1. The molecule has 1 unspecified atom stereocenters. The number of carbonyl (C=O) groups is 2. The Morgan fingerprint density at radius 1 is 1.33 bits per heavy atom. The highest BCUT2D eigenvalue weighted by atomic mass is 16.5. The van der Waals surface area contributed by atoms with Gasteiger partial charge in [0.25, 0.3) is 0 Å². The molecule has 114 valence electrons. The van der Waals surface area contributed by atoms with E-state index in [0.29, 0.717) is 6.42 Å². The van der Waals surface area contributed by atoms with Crippen molar-refractivity contribution in [3.63, 3.8) is 0 Å². The fourth-order valence-corrected chi connectivity index (χ4v) is 2.64. The number of methoxy groups -OCH3 is 1. The van der Waals surface area contributed by atoms with Crippen LogP contribution in [-0.2, 0) is 33.6 Å². The van der Waals surface area contributed by atoms with Gasteiger partial charge in [-0.25, -0.2) is 0 Å². The van der Waals surface area contributed by atoms with Gasteiger partial charge in [-0.1, -0.05) is 18.2 Å². The van der Waals surface area contributed by atoms with Gasteiger partial charge < -0.3 is 15.2 Å². The number of nitrogens with one attached hydrogen (secondary N) is 1. The van der Waals surface area contributed by atoms with Crippen LogP contribution in [0.15, 0.2) is 18.2 Å². The molecular weight excluding hydrogens is 270 g/mol. The van der Waals surface area contributed by atoms with E-state index in [0.717, 1.165) is 18.4 Å². The normalized spacial score (nSPS) is 14.5. The molecule has 0 radical (unpaired) electrons. The van der Waals surface area contributed by atoms with Crippen molar-refractivity contribution in [1.29, 1.82) is 0 Å². The number of ether oxygens (including phenoxy) is 1. The van der Waals surface area contributed by atoms with Gasteiger partial charge in [0.2, 0.25) is 5.91 Å². The van der Waals surface area contributed by atoms with E-state index < -0.39 is 12.1 Å². The summed E-state index contributed by atoms with van der Waals surface area (Å²) in [6.45, 7) is 0.215. The number of fused-ring (bicyclic) bond motifs is 1. The van der Waals surface area contributed by atoms with Gasteiger partial charge >= 0.3 is 5.97 Å². The van der Waals surface area contributed by atoms with Crippen LogP contribution in [0.5, 0.6) is 0 Å². The summed E-state index contributed by atoms with van der Waals surface area (Å²) < 4.78 is 5.03. The predicted molar refractivity (Wildman–Crippen MR) is 78.2 cm³/mol. The third-order valence-electron chi connectivity index (χ3n) is 3.79. The maximum absolute atomic E-state index is 11.9. The van der Waals surface area contributed by atoms with Crippen LogP contribution in [0.4, 0.5) is 0 Å². The number of rotatable bonds is 7. The molecule has 1 aromatic rings. The van der Waals surface area contributed by atoms with Crippen molar-refractivity contribution in [2.45, 2.75) is 38.2 Å². The highest BCUT2D eigenvalue weighted by Crippen LogP contribution is 2.22. The van der Waals surface area contributed by atoms with Crippen molar-refractivity contribution in [2.24, 2.45) is 0 Å². The second-order valence-corrected chi connectivity index (χ2v) is 5.39. The maximum Gasteiger partial charge on any atom is 0.306 e. The molecule has 1 amide bonds. The second kappa shape index (κ2) is 7.22. The number of aryl methyl sites for hydroxylation is 2. The first kappa shape index (κ1) is 15.5. The van der Waals surface area contributed by atoms with Gasteiger partial charge in [-0.3, -0.25) is 9.59 Å². The van der Waals surface area contributed by atoms with E-state index >= 15 is 0 Å². The minimum atomic E-state index is -0.935. The number of carbonyl (C=O) groups excluding carboxylic acids is 1. The zero-order chi connectivity index (χ0) is 15.2. The van der Waals surface area contributed by atoms with Gasteiger partial charge in [-0.2, -0.15) is 0 Å². The first-order valence-corrected chi connectivity index (χ1v) is 7.20. The number of aliphatic carboxylic acids is 1. The molecule has 21 heavy (non-hydrogen) atoms. The molecule has 0 spiro atoms. The molecule has 0 heterocycles. The van der Waals surface area contributed by atoms with Gasteiger partial charge in [-0.05, 0) is 36.0 Å². The van der Waals surface area contributed by atoms with Crippen molar-refractivity contribution in [3.8, 4) is 0 Å². The first-order valence-electron chi connectivity index (χ1n) is 7.20. The topological polar surface area (TPSA) is 75.6 Å². The zero-order valence-corrected chi connectivity index (χ0v) is 12.2. The molecule has 0 aliphatic heterocycles. The summed E-state index contributed by atoms with van der Waals surface area (Å²) in [7, 11) is 1.44. The maximum atomic E-state index is 11.9. The summed E-state index contributed by atoms with van der Waals surface area (Å²) >= 11 is 0. The third kappa shape index (κ3) is 4.56. The summed E-state index contributed by atoms with van der Waals surface area (Å²) in [5.41, 5.74) is 3.74. The monoisotopic (exact) mass is 291 g/mol. The van der Waals surface area contributed by atoms with E-state index in [9.17, 15) is 9.59 Å². The Labute approximate surface area is 124 Å². The van der Waals surface area contributed by atoms with Crippen molar-refractivity contribution in [1.82, 2.24) is 5.32 Å². The van der Waals surface area contributed by atoms with Crippen LogP contribution in [-0.4, -0.2) is 36.7 Å². The average Bonchev–Trinajstić information content (AvgIpc) is 2.90. The van der Waals surface area contributed by atoms with Crippen LogP contribution in [0.3, 0.4) is 0 Å². The summed E-state index contributed by atoms with van der Waals surface area (Å²) in [6.07, 6.45) is 3.12. The molecule has 1 aromatic carbocycles. The standard InChI is InChI=1S/C16H21NO4/c1-21-14(9-16(19)20)10-17-15(18)8-11-5-6-12-3-2-4-13(12)7-11/h5-7,14H,2-4,8-10H2,1H3,(H,17,18)(H,19,20). The van der Waals surface area contributed by atoms with Crippen molar-refractivity contribution in [2.75, 3.05) is 13.7 Å². The average molecular weight is 291 g/mol. The smallest absolute Gasteiger partial charge is 0.306 e. The van der Waals surface area contributed by atoms with Crippen LogP contribution in [0.1, 0.15) is 29.5 Å². The molecule has 0 saturated heterocycles. The number of carboxylic acids is 1. The Kier molecular flexibility index (Phi) is 5.33. The summed E-state index contributed by atoms with van der Waals surface area (Å²) in [5.74, 6) is -1.05. The summed E-state index contributed by atoms with van der Waals surface area (Å²) in [6, 6.07) is 6.20. The molecule has 1 aliphatic rings. The number of carboxylic acid groups (broad SMARTS) is 1. The molecule has 2 N–H and O–H groups in total. The fraction of sp³-hybridized carbons (Fsp3) is 0.500. The molecule has 5 heteroatoms. The number of benzene rings is 1. The Morgan fingerprint density at radius 2 is 2.10 bits per heavy atom. The van der Waals surface area contributed by atoms with E-state index in [1.165, 1.54) is 24.7 Å². The van der Waals surface area contributed by atoms with E-state index in [1.807, 2.05) is 6.07 Å². The van der Waals surface area contributed by atoms with Gasteiger partial charge in [-0.15, -0.1) is 0 Å². The molecule has 0 fully saturated rings. The van der Waals surface area contributed by atoms with E-state index in [4.69, 9.17) is 9.84 Å². The highest BCUT2D eigenvalue weighted by molar-refractivity contribution is 5.78. The summed E-state index contributed by atoms with van der Waals surface area (Å²) in [4.78, 5) is 22.5. The van der Waals surface area contributed by atoms with Gasteiger partial charge in [0, 0.05) is 13.7 Å². The zero-order valence-electron chi connectivity index (χ0n) is 12.2. The van der Waals surface area contributed by atoms with Crippen molar-refractivity contribution in [3.05, 3.63) is 34.9 Å². The third-order valence-corrected chi connectivity index (χ3v) is 3.79. The molecule has 1 atom stereocenters. The Balaban J connectivity index is 1.83. The van der Waals surface area contributed by atoms with Crippen LogP contribution in [0, 0.1) is 0 Å². The highest BCUT2D eigenvalue weighted by Gasteiger charge is 2.15. The number of hydrogen-bond acceptors (Lipinski definition) is 3. The number of hydrogen-bond donors (Lipinski definition) is 2. The molecule has 5 nitrogen and oxygen atoms in total. The van der Waals surface area contributed by atoms with Gasteiger partial charge in [0.1, 0.15) is 0 Å². The fourth-order valence-electron chi connectivity index (χ4n) is 2.64. The summed E-state index contributed by atoms with van der Waals surface area (Å²) in [5, 5.41) is 11.4. The molecule has 0 aromatic heterocycles. The van der Waals surface area contributed by atoms with Gasteiger partial charge in [0.15, 0.2) is 0 Å². The van der Waals surface area contributed by atoms with Crippen LogP contribution < -0.4 is 5.32 Å². The first-order chi connectivity index (χ1) is 10.1.